The van der Waals surface area contributed by atoms with Crippen molar-refractivity contribution in [2.75, 3.05) is 6.54 Å². The van der Waals surface area contributed by atoms with Crippen LogP contribution in [0.5, 0.6) is 0 Å². The van der Waals surface area contributed by atoms with Crippen LogP contribution in [0.2, 0.25) is 5.02 Å². The average Bonchev–Trinajstić information content (AvgIpc) is 3.16. The van der Waals surface area contributed by atoms with Gasteiger partial charge in [0, 0.05) is 18.1 Å². The van der Waals surface area contributed by atoms with Crippen LogP contribution in [0, 0.1) is 0 Å². The van der Waals surface area contributed by atoms with Gasteiger partial charge in [-0.3, -0.25) is 4.79 Å². The number of rotatable bonds is 5. The molecule has 1 amide bonds. The molecule has 2 aromatic carbocycles. The van der Waals surface area contributed by atoms with Crippen LogP contribution >= 0.6 is 11.6 Å². The SMILES string of the molecule is O=C(c1ccc(CS(=O)(=O)Cc2ccccc2Cl)o1)N1CCc2ccccc2C1. The molecule has 5 nitrogen and oxygen atoms in total. The predicted molar refractivity (Wildman–Crippen MR) is 111 cm³/mol. The van der Waals surface area contributed by atoms with Gasteiger partial charge in [-0.2, -0.15) is 0 Å². The minimum Gasteiger partial charge on any atom is -0.455 e. The molecule has 150 valence electrons. The molecule has 0 saturated heterocycles. The van der Waals surface area contributed by atoms with Crippen LogP contribution in [0.4, 0.5) is 0 Å². The second kappa shape index (κ2) is 8.05. The predicted octanol–water partition coefficient (Wildman–Crippen LogP) is 4.25. The molecule has 1 aliphatic rings. The summed E-state index contributed by atoms with van der Waals surface area (Å²) < 4.78 is 30.6. The van der Waals surface area contributed by atoms with Gasteiger partial charge in [-0.25, -0.2) is 8.42 Å². The fourth-order valence-electron chi connectivity index (χ4n) is 3.52. The molecule has 0 fully saturated rings. The van der Waals surface area contributed by atoms with Gasteiger partial charge < -0.3 is 9.32 Å². The number of sulfone groups is 1. The van der Waals surface area contributed by atoms with Crippen molar-refractivity contribution < 1.29 is 17.6 Å². The van der Waals surface area contributed by atoms with Crippen molar-refractivity contribution in [3.63, 3.8) is 0 Å². The van der Waals surface area contributed by atoms with Crippen LogP contribution in [-0.4, -0.2) is 25.8 Å². The first-order valence-corrected chi connectivity index (χ1v) is 11.5. The van der Waals surface area contributed by atoms with Crippen LogP contribution in [0.15, 0.2) is 65.1 Å². The molecule has 0 saturated carbocycles. The molecule has 0 unspecified atom stereocenters. The number of furan rings is 1. The highest BCUT2D eigenvalue weighted by atomic mass is 35.5. The second-order valence-corrected chi connectivity index (χ2v) is 9.61. The molecular formula is C22H20ClNO4S. The minimum absolute atomic E-state index is 0.160. The highest BCUT2D eigenvalue weighted by molar-refractivity contribution is 7.89. The van der Waals surface area contributed by atoms with Gasteiger partial charge in [0.25, 0.3) is 5.91 Å². The number of hydrogen-bond acceptors (Lipinski definition) is 4. The Labute approximate surface area is 174 Å². The van der Waals surface area contributed by atoms with Crippen molar-refractivity contribution in [1.29, 1.82) is 0 Å². The monoisotopic (exact) mass is 429 g/mol. The number of fused-ring (bicyclic) bond motifs is 1. The van der Waals surface area contributed by atoms with Gasteiger partial charge >= 0.3 is 0 Å². The summed E-state index contributed by atoms with van der Waals surface area (Å²) in [5.74, 6) is -0.284. The molecule has 3 aromatic rings. The molecule has 0 aliphatic carbocycles. The third kappa shape index (κ3) is 4.54. The van der Waals surface area contributed by atoms with E-state index in [1.165, 1.54) is 5.56 Å². The maximum atomic E-state index is 12.8. The number of halogens is 1. The van der Waals surface area contributed by atoms with E-state index in [1.54, 1.807) is 41.3 Å². The van der Waals surface area contributed by atoms with Crippen LogP contribution in [0.25, 0.3) is 0 Å². The Bertz CT molecular complexity index is 1150. The maximum absolute atomic E-state index is 12.8. The molecule has 4 rings (SSSR count). The zero-order chi connectivity index (χ0) is 20.4. The number of carbonyl (C=O) groups is 1. The molecule has 0 bridgehead atoms. The molecule has 2 heterocycles. The number of carbonyl (C=O) groups excluding carboxylic acids is 1. The summed E-state index contributed by atoms with van der Waals surface area (Å²) in [7, 11) is -3.49. The van der Waals surface area contributed by atoms with Gasteiger partial charge in [0.15, 0.2) is 15.6 Å². The van der Waals surface area contributed by atoms with E-state index in [2.05, 4.69) is 6.07 Å². The Morgan fingerprint density at radius 3 is 2.48 bits per heavy atom. The second-order valence-electron chi connectivity index (χ2n) is 7.14. The zero-order valence-electron chi connectivity index (χ0n) is 15.7. The lowest BCUT2D eigenvalue weighted by Crippen LogP contribution is -2.35. The van der Waals surface area contributed by atoms with Crippen molar-refractivity contribution in [3.8, 4) is 0 Å². The summed E-state index contributed by atoms with van der Waals surface area (Å²) >= 11 is 6.06. The van der Waals surface area contributed by atoms with E-state index >= 15 is 0 Å². The van der Waals surface area contributed by atoms with Crippen molar-refractivity contribution in [1.82, 2.24) is 4.90 Å². The largest absolute Gasteiger partial charge is 0.455 e. The molecule has 7 heteroatoms. The molecule has 0 radical (unpaired) electrons. The summed E-state index contributed by atoms with van der Waals surface area (Å²) in [4.78, 5) is 14.5. The van der Waals surface area contributed by atoms with Crippen molar-refractivity contribution in [3.05, 3.63) is 93.9 Å². The van der Waals surface area contributed by atoms with Crippen molar-refractivity contribution >= 4 is 27.3 Å². The first kappa shape index (κ1) is 19.7. The Morgan fingerprint density at radius 1 is 0.966 bits per heavy atom. The smallest absolute Gasteiger partial charge is 0.289 e. The maximum Gasteiger partial charge on any atom is 0.289 e. The lowest BCUT2D eigenvalue weighted by molar-refractivity contribution is 0.0701. The number of nitrogens with zero attached hydrogens (tertiary/aromatic N) is 1. The van der Waals surface area contributed by atoms with E-state index in [0.29, 0.717) is 23.7 Å². The fourth-order valence-corrected chi connectivity index (χ4v) is 5.21. The molecule has 0 atom stereocenters. The van der Waals surface area contributed by atoms with Gasteiger partial charge in [-0.05, 0) is 41.3 Å². The summed E-state index contributed by atoms with van der Waals surface area (Å²) in [6.07, 6.45) is 0.793. The number of amides is 1. The normalized spacial score (nSPS) is 13.9. The fraction of sp³-hybridized carbons (Fsp3) is 0.227. The molecule has 1 aromatic heterocycles. The van der Waals surface area contributed by atoms with Crippen LogP contribution in [0.1, 0.15) is 33.0 Å². The van der Waals surface area contributed by atoms with Gasteiger partial charge in [0.2, 0.25) is 0 Å². The average molecular weight is 430 g/mol. The van der Waals surface area contributed by atoms with Gasteiger partial charge in [-0.1, -0.05) is 54.1 Å². The molecular weight excluding hydrogens is 410 g/mol. The van der Waals surface area contributed by atoms with E-state index in [-0.39, 0.29) is 28.9 Å². The van der Waals surface area contributed by atoms with Crippen LogP contribution in [0.3, 0.4) is 0 Å². The van der Waals surface area contributed by atoms with Crippen molar-refractivity contribution in [2.45, 2.75) is 24.5 Å². The van der Waals surface area contributed by atoms with Gasteiger partial charge in [-0.15, -0.1) is 0 Å². The highest BCUT2D eigenvalue weighted by Gasteiger charge is 2.25. The summed E-state index contributed by atoms with van der Waals surface area (Å²) in [6.45, 7) is 1.13. The van der Waals surface area contributed by atoms with Crippen molar-refractivity contribution in [2.24, 2.45) is 0 Å². The Balaban J connectivity index is 1.44. The lowest BCUT2D eigenvalue weighted by atomic mass is 10.00. The highest BCUT2D eigenvalue weighted by Crippen LogP contribution is 2.23. The molecule has 29 heavy (non-hydrogen) atoms. The van der Waals surface area contributed by atoms with E-state index in [9.17, 15) is 13.2 Å². The third-order valence-corrected chi connectivity index (χ3v) is 6.83. The summed E-state index contributed by atoms with van der Waals surface area (Å²) in [6, 6.07) is 18.0. The lowest BCUT2D eigenvalue weighted by Gasteiger charge is -2.28. The standard InChI is InChI=1S/C22H20ClNO4S/c23-20-8-4-3-7-18(20)14-29(26,27)15-19-9-10-21(28-19)22(25)24-12-11-16-5-1-2-6-17(16)13-24/h1-10H,11-15H2. The first-order valence-electron chi connectivity index (χ1n) is 9.30. The Hall–Kier alpha value is -2.57. The summed E-state index contributed by atoms with van der Waals surface area (Å²) in [5, 5.41) is 0.414. The van der Waals surface area contributed by atoms with Gasteiger partial charge in [0.1, 0.15) is 11.5 Å². The van der Waals surface area contributed by atoms with Crippen LogP contribution in [-0.2, 0) is 34.3 Å². The molecule has 1 aliphatic heterocycles. The van der Waals surface area contributed by atoms with E-state index < -0.39 is 9.84 Å². The quantitative estimate of drug-likeness (QED) is 0.608. The van der Waals surface area contributed by atoms with E-state index in [0.717, 1.165) is 12.0 Å². The minimum atomic E-state index is -3.49. The summed E-state index contributed by atoms with van der Waals surface area (Å²) in [5.41, 5.74) is 2.92. The molecule has 0 spiro atoms. The first-order chi connectivity index (χ1) is 13.9. The van der Waals surface area contributed by atoms with Gasteiger partial charge in [0.05, 0.1) is 5.75 Å². The number of benzene rings is 2. The number of hydrogen-bond donors (Lipinski definition) is 0. The topological polar surface area (TPSA) is 67.6 Å². The third-order valence-electron chi connectivity index (χ3n) is 4.99. The Kier molecular flexibility index (Phi) is 5.48. The van der Waals surface area contributed by atoms with E-state index in [1.807, 2.05) is 18.2 Å². The van der Waals surface area contributed by atoms with Crippen LogP contribution < -0.4 is 0 Å². The molecule has 0 N–H and O–H groups in total. The Morgan fingerprint density at radius 2 is 1.69 bits per heavy atom. The van der Waals surface area contributed by atoms with E-state index in [4.69, 9.17) is 16.0 Å². The zero-order valence-corrected chi connectivity index (χ0v) is 17.2.